The van der Waals surface area contributed by atoms with Crippen molar-refractivity contribution in [3.05, 3.63) is 40.4 Å². The van der Waals surface area contributed by atoms with E-state index < -0.39 is 5.60 Å². The Morgan fingerprint density at radius 3 is 2.68 bits per heavy atom. The summed E-state index contributed by atoms with van der Waals surface area (Å²) < 4.78 is 0.978. The highest BCUT2D eigenvalue weighted by Gasteiger charge is 2.19. The fourth-order valence-electron chi connectivity index (χ4n) is 1.70. The second-order valence-electron chi connectivity index (χ2n) is 5.05. The topological polar surface area (TPSA) is 40.5 Å². The normalized spacial score (nSPS) is 11.8. The van der Waals surface area contributed by atoms with Gasteiger partial charge in [0.2, 0.25) is 5.91 Å². The molecular weight excluding hydrogens is 306 g/mol. The molecule has 0 saturated heterocycles. The van der Waals surface area contributed by atoms with Crippen molar-refractivity contribution in [2.45, 2.75) is 26.4 Å². The first kappa shape index (κ1) is 15.9. The van der Waals surface area contributed by atoms with Gasteiger partial charge in [0, 0.05) is 23.6 Å². The molecule has 0 fully saturated rings. The van der Waals surface area contributed by atoms with Gasteiger partial charge in [0.25, 0.3) is 0 Å². The van der Waals surface area contributed by atoms with Crippen molar-refractivity contribution in [3.63, 3.8) is 0 Å². The number of hydrogen-bond donors (Lipinski definition) is 1. The molecule has 104 valence electrons. The predicted molar refractivity (Wildman–Crippen MR) is 81.7 cm³/mol. The molecule has 3 nitrogen and oxygen atoms in total. The van der Waals surface area contributed by atoms with E-state index in [0.29, 0.717) is 13.1 Å². The molecule has 0 aromatic heterocycles. The van der Waals surface area contributed by atoms with Crippen LogP contribution < -0.4 is 0 Å². The van der Waals surface area contributed by atoms with Gasteiger partial charge in [-0.3, -0.25) is 4.79 Å². The summed E-state index contributed by atoms with van der Waals surface area (Å²) in [4.78, 5) is 13.6. The van der Waals surface area contributed by atoms with E-state index in [1.54, 1.807) is 24.8 Å². The molecule has 19 heavy (non-hydrogen) atoms. The summed E-state index contributed by atoms with van der Waals surface area (Å²) in [7, 11) is 0. The maximum Gasteiger partial charge on any atom is 0.246 e. The maximum atomic E-state index is 12.0. The SMILES string of the molecule is CCN(CC(C)(C)O)C(=O)C=Cc1cccc(Br)c1. The zero-order chi connectivity index (χ0) is 14.5. The molecule has 0 aliphatic heterocycles. The van der Waals surface area contributed by atoms with Crippen molar-refractivity contribution in [2.75, 3.05) is 13.1 Å². The third-order valence-corrected chi connectivity index (χ3v) is 3.03. The van der Waals surface area contributed by atoms with E-state index in [2.05, 4.69) is 15.9 Å². The maximum absolute atomic E-state index is 12.0. The van der Waals surface area contributed by atoms with Crippen LogP contribution in [0.1, 0.15) is 26.3 Å². The lowest BCUT2D eigenvalue weighted by atomic mass is 10.1. The van der Waals surface area contributed by atoms with Crippen LogP contribution in [0, 0.1) is 0 Å². The van der Waals surface area contributed by atoms with Crippen molar-refractivity contribution in [2.24, 2.45) is 0 Å². The van der Waals surface area contributed by atoms with Crippen molar-refractivity contribution in [1.29, 1.82) is 0 Å². The van der Waals surface area contributed by atoms with E-state index in [4.69, 9.17) is 0 Å². The van der Waals surface area contributed by atoms with Crippen molar-refractivity contribution in [1.82, 2.24) is 4.90 Å². The Hall–Kier alpha value is -1.13. The number of likely N-dealkylation sites (N-methyl/N-ethyl adjacent to an activating group) is 1. The number of aliphatic hydroxyl groups is 1. The van der Waals surface area contributed by atoms with E-state index >= 15 is 0 Å². The van der Waals surface area contributed by atoms with Gasteiger partial charge in [0.05, 0.1) is 5.60 Å². The zero-order valence-corrected chi connectivity index (χ0v) is 13.1. The van der Waals surface area contributed by atoms with Crippen LogP contribution in [-0.4, -0.2) is 34.6 Å². The molecule has 0 atom stereocenters. The average molecular weight is 326 g/mol. The van der Waals surface area contributed by atoms with Crippen LogP contribution in [-0.2, 0) is 4.79 Å². The number of rotatable bonds is 5. The summed E-state index contributed by atoms with van der Waals surface area (Å²) >= 11 is 3.39. The largest absolute Gasteiger partial charge is 0.389 e. The van der Waals surface area contributed by atoms with Crippen LogP contribution in [0.3, 0.4) is 0 Å². The van der Waals surface area contributed by atoms with Gasteiger partial charge in [-0.1, -0.05) is 28.1 Å². The van der Waals surface area contributed by atoms with Gasteiger partial charge in [-0.25, -0.2) is 0 Å². The smallest absolute Gasteiger partial charge is 0.246 e. The number of hydrogen-bond acceptors (Lipinski definition) is 2. The molecule has 0 aliphatic rings. The molecule has 1 N–H and O–H groups in total. The van der Waals surface area contributed by atoms with Crippen LogP contribution in [0.5, 0.6) is 0 Å². The van der Waals surface area contributed by atoms with Crippen LogP contribution >= 0.6 is 15.9 Å². The summed E-state index contributed by atoms with van der Waals surface area (Å²) in [5, 5.41) is 9.77. The molecule has 4 heteroatoms. The molecular formula is C15H20BrNO2. The second kappa shape index (κ2) is 6.87. The van der Waals surface area contributed by atoms with Gasteiger partial charge in [0.15, 0.2) is 0 Å². The third kappa shape index (κ3) is 6.03. The second-order valence-corrected chi connectivity index (χ2v) is 5.97. The van der Waals surface area contributed by atoms with Crippen LogP contribution in [0.4, 0.5) is 0 Å². The average Bonchev–Trinajstić information content (AvgIpc) is 2.32. The summed E-state index contributed by atoms with van der Waals surface area (Å²) in [6, 6.07) is 7.73. The fourth-order valence-corrected chi connectivity index (χ4v) is 2.11. The predicted octanol–water partition coefficient (Wildman–Crippen LogP) is 3.08. The standard InChI is InChI=1S/C15H20BrNO2/c1-4-17(11-15(2,3)19)14(18)9-8-12-6-5-7-13(16)10-12/h5-10,19H,4,11H2,1-3H3. The number of benzene rings is 1. The minimum Gasteiger partial charge on any atom is -0.389 e. The molecule has 0 aliphatic carbocycles. The van der Waals surface area contributed by atoms with Gasteiger partial charge in [0.1, 0.15) is 0 Å². The lowest BCUT2D eigenvalue weighted by Crippen LogP contribution is -2.41. The van der Waals surface area contributed by atoms with E-state index in [1.807, 2.05) is 31.2 Å². The Morgan fingerprint density at radius 1 is 1.47 bits per heavy atom. The van der Waals surface area contributed by atoms with E-state index in [-0.39, 0.29) is 5.91 Å². The Morgan fingerprint density at radius 2 is 2.16 bits per heavy atom. The summed E-state index contributed by atoms with van der Waals surface area (Å²) in [5.74, 6) is -0.0930. The highest BCUT2D eigenvalue weighted by Crippen LogP contribution is 2.13. The number of carbonyl (C=O) groups is 1. The minimum absolute atomic E-state index is 0.0930. The summed E-state index contributed by atoms with van der Waals surface area (Å²) in [5.41, 5.74) is 0.0805. The lowest BCUT2D eigenvalue weighted by Gasteiger charge is -2.27. The van der Waals surface area contributed by atoms with E-state index in [9.17, 15) is 9.90 Å². The number of halogens is 1. The molecule has 0 bridgehead atoms. The Bertz CT molecular complexity index is 463. The minimum atomic E-state index is -0.880. The van der Waals surface area contributed by atoms with Crippen LogP contribution in [0.15, 0.2) is 34.8 Å². The Balaban J connectivity index is 2.72. The Labute approximate surface area is 123 Å². The molecule has 1 rings (SSSR count). The highest BCUT2D eigenvalue weighted by atomic mass is 79.9. The zero-order valence-electron chi connectivity index (χ0n) is 11.6. The first-order chi connectivity index (χ1) is 8.81. The Kier molecular flexibility index (Phi) is 5.76. The number of carbonyl (C=O) groups excluding carboxylic acids is 1. The molecule has 0 radical (unpaired) electrons. The fraction of sp³-hybridized carbons (Fsp3) is 0.400. The van der Waals surface area contributed by atoms with Gasteiger partial charge < -0.3 is 10.0 Å². The molecule has 0 spiro atoms. The first-order valence-electron chi connectivity index (χ1n) is 6.27. The van der Waals surface area contributed by atoms with Crippen molar-refractivity contribution < 1.29 is 9.90 Å². The van der Waals surface area contributed by atoms with Crippen molar-refractivity contribution in [3.8, 4) is 0 Å². The summed E-state index contributed by atoms with van der Waals surface area (Å²) in [6.07, 6.45) is 3.32. The third-order valence-electron chi connectivity index (χ3n) is 2.54. The van der Waals surface area contributed by atoms with E-state index in [1.165, 1.54) is 6.08 Å². The van der Waals surface area contributed by atoms with Crippen LogP contribution in [0.2, 0.25) is 0 Å². The number of amides is 1. The van der Waals surface area contributed by atoms with Crippen molar-refractivity contribution >= 4 is 27.9 Å². The number of nitrogens with zero attached hydrogens (tertiary/aromatic N) is 1. The molecule has 0 unspecified atom stereocenters. The van der Waals surface area contributed by atoms with Crippen LogP contribution in [0.25, 0.3) is 6.08 Å². The van der Waals surface area contributed by atoms with Gasteiger partial charge in [-0.2, -0.15) is 0 Å². The first-order valence-corrected chi connectivity index (χ1v) is 7.06. The quantitative estimate of drug-likeness (QED) is 0.845. The molecule has 0 saturated carbocycles. The van der Waals surface area contributed by atoms with Gasteiger partial charge in [-0.05, 0) is 44.5 Å². The highest BCUT2D eigenvalue weighted by molar-refractivity contribution is 9.10. The molecule has 1 aromatic carbocycles. The molecule has 0 heterocycles. The van der Waals surface area contributed by atoms with Gasteiger partial charge >= 0.3 is 0 Å². The molecule has 1 aromatic rings. The van der Waals surface area contributed by atoms with E-state index in [0.717, 1.165) is 10.0 Å². The molecule has 1 amide bonds. The summed E-state index contributed by atoms with van der Waals surface area (Å²) in [6.45, 7) is 6.19. The lowest BCUT2D eigenvalue weighted by molar-refractivity contribution is -0.128. The monoisotopic (exact) mass is 325 g/mol. The van der Waals surface area contributed by atoms with Gasteiger partial charge in [-0.15, -0.1) is 0 Å².